The van der Waals surface area contributed by atoms with Crippen LogP contribution < -0.4 is 4.72 Å². The number of halogens is 1. The van der Waals surface area contributed by atoms with Gasteiger partial charge < -0.3 is 5.11 Å². The Bertz CT molecular complexity index is 755. The van der Waals surface area contributed by atoms with Crippen molar-refractivity contribution < 1.29 is 22.7 Å². The fourth-order valence-electron chi connectivity index (χ4n) is 1.69. The molecule has 2 aromatic rings. The zero-order chi connectivity index (χ0) is 15.6. The van der Waals surface area contributed by atoms with Crippen molar-refractivity contribution >= 4 is 16.0 Å². The molecular formula is C12H12FN3O4S. The van der Waals surface area contributed by atoms with Crippen molar-refractivity contribution in [1.29, 1.82) is 0 Å². The number of aliphatic carboxylic acids is 1. The summed E-state index contributed by atoms with van der Waals surface area (Å²) in [7, 11) is -2.51. The molecule has 112 valence electrons. The van der Waals surface area contributed by atoms with Crippen LogP contribution in [-0.4, -0.2) is 29.3 Å². The SMILES string of the molecule is Cn1cc(C(NS(=O)(=O)c2ccc(F)cc2)C(=O)O)cn1. The molecule has 1 heterocycles. The van der Waals surface area contributed by atoms with E-state index in [1.54, 1.807) is 7.05 Å². The highest BCUT2D eigenvalue weighted by Gasteiger charge is 2.27. The summed E-state index contributed by atoms with van der Waals surface area (Å²) >= 11 is 0. The van der Waals surface area contributed by atoms with Gasteiger partial charge in [-0.15, -0.1) is 0 Å². The summed E-state index contributed by atoms with van der Waals surface area (Å²) in [4.78, 5) is 11.0. The minimum absolute atomic E-state index is 0.190. The van der Waals surface area contributed by atoms with Crippen molar-refractivity contribution in [3.63, 3.8) is 0 Å². The first kappa shape index (κ1) is 15.1. The first-order valence-electron chi connectivity index (χ1n) is 5.79. The van der Waals surface area contributed by atoms with Crippen LogP contribution in [0, 0.1) is 5.82 Å². The predicted octanol–water partition coefficient (Wildman–Crippen LogP) is 0.663. The summed E-state index contributed by atoms with van der Waals surface area (Å²) in [6.07, 6.45) is 2.65. The molecule has 0 aliphatic carbocycles. The van der Waals surface area contributed by atoms with Crippen molar-refractivity contribution in [1.82, 2.24) is 14.5 Å². The number of carboxylic acid groups (broad SMARTS) is 1. The lowest BCUT2D eigenvalue weighted by molar-refractivity contribution is -0.139. The Morgan fingerprint density at radius 2 is 2.00 bits per heavy atom. The Kier molecular flexibility index (Phi) is 4.05. The van der Waals surface area contributed by atoms with E-state index >= 15 is 0 Å². The molecule has 0 radical (unpaired) electrons. The second-order valence-electron chi connectivity index (χ2n) is 4.29. The number of aromatic nitrogens is 2. The van der Waals surface area contributed by atoms with Gasteiger partial charge in [-0.3, -0.25) is 9.48 Å². The van der Waals surface area contributed by atoms with E-state index in [-0.39, 0.29) is 10.5 Å². The van der Waals surface area contributed by atoms with E-state index in [4.69, 9.17) is 5.11 Å². The predicted molar refractivity (Wildman–Crippen MR) is 70.3 cm³/mol. The second kappa shape index (κ2) is 5.62. The van der Waals surface area contributed by atoms with Gasteiger partial charge in [0, 0.05) is 18.8 Å². The highest BCUT2D eigenvalue weighted by Crippen LogP contribution is 2.17. The number of carboxylic acids is 1. The number of nitrogens with one attached hydrogen (secondary N) is 1. The fraction of sp³-hybridized carbons (Fsp3) is 0.167. The van der Waals surface area contributed by atoms with E-state index < -0.39 is 27.9 Å². The summed E-state index contributed by atoms with van der Waals surface area (Å²) in [6.45, 7) is 0. The summed E-state index contributed by atoms with van der Waals surface area (Å²) in [5.74, 6) is -1.95. The van der Waals surface area contributed by atoms with Gasteiger partial charge in [0.2, 0.25) is 10.0 Å². The fourth-order valence-corrected chi connectivity index (χ4v) is 2.86. The number of hydrogen-bond donors (Lipinski definition) is 2. The van der Waals surface area contributed by atoms with E-state index in [1.165, 1.54) is 17.1 Å². The van der Waals surface area contributed by atoms with Crippen LogP contribution in [0.25, 0.3) is 0 Å². The van der Waals surface area contributed by atoms with Gasteiger partial charge in [-0.25, -0.2) is 12.8 Å². The van der Waals surface area contributed by atoms with Gasteiger partial charge in [-0.1, -0.05) is 0 Å². The quantitative estimate of drug-likeness (QED) is 0.844. The Hall–Kier alpha value is -2.26. The molecule has 2 rings (SSSR count). The van der Waals surface area contributed by atoms with Gasteiger partial charge in [0.1, 0.15) is 11.9 Å². The summed E-state index contributed by atoms with van der Waals surface area (Å²) in [5, 5.41) is 13.0. The Morgan fingerprint density at radius 1 is 1.38 bits per heavy atom. The Labute approximate surface area is 120 Å². The molecule has 1 aromatic carbocycles. The first-order valence-corrected chi connectivity index (χ1v) is 7.27. The van der Waals surface area contributed by atoms with E-state index in [9.17, 15) is 17.6 Å². The molecule has 0 spiro atoms. The molecule has 1 atom stereocenters. The minimum Gasteiger partial charge on any atom is -0.480 e. The highest BCUT2D eigenvalue weighted by atomic mass is 32.2. The Balaban J connectivity index is 2.32. The zero-order valence-corrected chi connectivity index (χ0v) is 11.7. The van der Waals surface area contributed by atoms with E-state index in [0.29, 0.717) is 0 Å². The number of benzene rings is 1. The molecule has 0 saturated heterocycles. The average Bonchev–Trinajstić information content (AvgIpc) is 2.82. The second-order valence-corrected chi connectivity index (χ2v) is 6.01. The maximum atomic E-state index is 12.8. The van der Waals surface area contributed by atoms with Gasteiger partial charge >= 0.3 is 5.97 Å². The van der Waals surface area contributed by atoms with Gasteiger partial charge in [0.15, 0.2) is 0 Å². The van der Waals surface area contributed by atoms with Gasteiger partial charge in [-0.05, 0) is 24.3 Å². The molecule has 0 fully saturated rings. The van der Waals surface area contributed by atoms with Gasteiger partial charge in [0.05, 0.1) is 11.1 Å². The van der Waals surface area contributed by atoms with E-state index in [0.717, 1.165) is 24.3 Å². The smallest absolute Gasteiger partial charge is 0.326 e. The maximum Gasteiger partial charge on any atom is 0.326 e. The van der Waals surface area contributed by atoms with Crippen LogP contribution in [0.4, 0.5) is 4.39 Å². The molecule has 21 heavy (non-hydrogen) atoms. The third-order valence-electron chi connectivity index (χ3n) is 2.70. The number of hydrogen-bond acceptors (Lipinski definition) is 4. The average molecular weight is 313 g/mol. The number of rotatable bonds is 5. The molecule has 2 N–H and O–H groups in total. The summed E-state index contributed by atoms with van der Waals surface area (Å²) in [6, 6.07) is 2.59. The first-order chi connectivity index (χ1) is 9.79. The van der Waals surface area contributed by atoms with Crippen LogP contribution in [0.15, 0.2) is 41.6 Å². The zero-order valence-electron chi connectivity index (χ0n) is 10.9. The number of carbonyl (C=O) groups is 1. The summed E-state index contributed by atoms with van der Waals surface area (Å²) < 4.78 is 40.5. The van der Waals surface area contributed by atoms with Crippen LogP contribution >= 0.6 is 0 Å². The van der Waals surface area contributed by atoms with E-state index in [1.807, 2.05) is 0 Å². The number of sulfonamides is 1. The molecule has 7 nitrogen and oxygen atoms in total. The minimum atomic E-state index is -4.09. The topological polar surface area (TPSA) is 101 Å². The third-order valence-corrected chi connectivity index (χ3v) is 4.14. The monoisotopic (exact) mass is 313 g/mol. The molecule has 1 unspecified atom stereocenters. The molecular weight excluding hydrogens is 301 g/mol. The lowest BCUT2D eigenvalue weighted by Crippen LogP contribution is -2.33. The van der Waals surface area contributed by atoms with Crippen LogP contribution in [0.3, 0.4) is 0 Å². The largest absolute Gasteiger partial charge is 0.480 e. The highest BCUT2D eigenvalue weighted by molar-refractivity contribution is 7.89. The molecule has 0 amide bonds. The molecule has 0 bridgehead atoms. The number of aryl methyl sites for hydroxylation is 1. The third kappa shape index (κ3) is 3.44. The van der Waals surface area contributed by atoms with Crippen molar-refractivity contribution in [3.8, 4) is 0 Å². The Morgan fingerprint density at radius 3 is 2.48 bits per heavy atom. The lowest BCUT2D eigenvalue weighted by Gasteiger charge is -2.13. The van der Waals surface area contributed by atoms with Crippen molar-refractivity contribution in [2.75, 3.05) is 0 Å². The van der Waals surface area contributed by atoms with Crippen LogP contribution in [0.2, 0.25) is 0 Å². The van der Waals surface area contributed by atoms with Crippen molar-refractivity contribution in [2.24, 2.45) is 7.05 Å². The van der Waals surface area contributed by atoms with Crippen LogP contribution in [0.5, 0.6) is 0 Å². The molecule has 9 heteroatoms. The molecule has 0 saturated carbocycles. The number of nitrogens with zero attached hydrogens (tertiary/aromatic N) is 2. The molecule has 1 aromatic heterocycles. The van der Waals surface area contributed by atoms with Crippen LogP contribution in [0.1, 0.15) is 11.6 Å². The summed E-state index contributed by atoms with van der Waals surface area (Å²) in [5.41, 5.74) is 0.190. The van der Waals surface area contributed by atoms with Gasteiger partial charge in [-0.2, -0.15) is 9.82 Å². The van der Waals surface area contributed by atoms with Crippen LogP contribution in [-0.2, 0) is 21.9 Å². The van der Waals surface area contributed by atoms with Crippen molar-refractivity contribution in [2.45, 2.75) is 10.9 Å². The lowest BCUT2D eigenvalue weighted by atomic mass is 10.2. The molecule has 0 aliphatic rings. The maximum absolute atomic E-state index is 12.8. The molecule has 0 aliphatic heterocycles. The van der Waals surface area contributed by atoms with Crippen molar-refractivity contribution in [3.05, 3.63) is 48.0 Å². The van der Waals surface area contributed by atoms with Gasteiger partial charge in [0.25, 0.3) is 0 Å². The van der Waals surface area contributed by atoms with E-state index in [2.05, 4.69) is 9.82 Å². The standard InChI is InChI=1S/C12H12FN3O4S/c1-16-7-8(6-14-16)11(12(17)18)15-21(19,20)10-4-2-9(13)3-5-10/h2-7,11,15H,1H3,(H,17,18). The normalized spacial score (nSPS) is 13.0.